The van der Waals surface area contributed by atoms with Crippen molar-refractivity contribution in [2.75, 3.05) is 19.7 Å². The Hall–Kier alpha value is -1.14. The Morgan fingerprint density at radius 3 is 2.37 bits per heavy atom. The fourth-order valence-electron chi connectivity index (χ4n) is 1.46. The maximum absolute atomic E-state index is 11.2. The van der Waals surface area contributed by atoms with Crippen LogP contribution in [0.1, 0.15) is 40.5 Å². The largest absolute Gasteiger partial charge is 0.480 e. The van der Waals surface area contributed by atoms with E-state index in [4.69, 9.17) is 9.84 Å². The van der Waals surface area contributed by atoms with Gasteiger partial charge in [0, 0.05) is 5.54 Å². The summed E-state index contributed by atoms with van der Waals surface area (Å²) < 4.78 is 4.74. The van der Waals surface area contributed by atoms with E-state index < -0.39 is 18.0 Å². The number of carbonyl (C=O) groups excluding carboxylic acids is 1. The van der Waals surface area contributed by atoms with Crippen molar-refractivity contribution in [3.05, 3.63) is 0 Å². The second kappa shape index (κ2) is 8.87. The molecule has 0 fully saturated rings. The molecule has 0 aromatic rings. The van der Waals surface area contributed by atoms with Crippen LogP contribution in [0.3, 0.4) is 0 Å². The molecule has 0 amide bonds. The molecule has 0 heterocycles. The third kappa shape index (κ3) is 10.5. The molecule has 0 aliphatic carbocycles. The number of carboxylic acids is 1. The van der Waals surface area contributed by atoms with Crippen molar-refractivity contribution in [2.24, 2.45) is 0 Å². The van der Waals surface area contributed by atoms with Crippen molar-refractivity contribution >= 4 is 11.9 Å². The second-order valence-corrected chi connectivity index (χ2v) is 5.38. The molecule has 0 aromatic heterocycles. The second-order valence-electron chi connectivity index (χ2n) is 5.38. The summed E-state index contributed by atoms with van der Waals surface area (Å²) in [7, 11) is 0. The van der Waals surface area contributed by atoms with E-state index >= 15 is 0 Å². The van der Waals surface area contributed by atoms with Gasteiger partial charge in [-0.1, -0.05) is 0 Å². The summed E-state index contributed by atoms with van der Waals surface area (Å²) in [6, 6.07) is -0.881. The molecule has 0 saturated heterocycles. The Bertz CT molecular complexity index is 287. The SMILES string of the molecule is CCOC(=O)C[C@H](NCCCNC(C)(C)C)C(=O)O. The van der Waals surface area contributed by atoms with Crippen molar-refractivity contribution in [1.29, 1.82) is 0 Å². The van der Waals surface area contributed by atoms with E-state index in [2.05, 4.69) is 31.4 Å². The van der Waals surface area contributed by atoms with Gasteiger partial charge in [-0.15, -0.1) is 0 Å². The third-order valence-electron chi connectivity index (χ3n) is 2.37. The summed E-state index contributed by atoms with van der Waals surface area (Å²) in [6.07, 6.45) is 0.653. The predicted molar refractivity (Wildman–Crippen MR) is 73.0 cm³/mol. The van der Waals surface area contributed by atoms with Crippen LogP contribution in [0.15, 0.2) is 0 Å². The molecule has 3 N–H and O–H groups in total. The van der Waals surface area contributed by atoms with Gasteiger partial charge in [-0.3, -0.25) is 9.59 Å². The zero-order chi connectivity index (χ0) is 14.9. The van der Waals surface area contributed by atoms with Gasteiger partial charge in [-0.2, -0.15) is 0 Å². The average molecular weight is 274 g/mol. The minimum Gasteiger partial charge on any atom is -0.480 e. The van der Waals surface area contributed by atoms with Gasteiger partial charge in [0.2, 0.25) is 0 Å². The van der Waals surface area contributed by atoms with Crippen LogP contribution in [0, 0.1) is 0 Å². The molecule has 0 aliphatic rings. The molecule has 0 radical (unpaired) electrons. The lowest BCUT2D eigenvalue weighted by Gasteiger charge is -2.21. The summed E-state index contributed by atoms with van der Waals surface area (Å²) in [5.74, 6) is -1.52. The minimum atomic E-state index is -1.03. The van der Waals surface area contributed by atoms with Gasteiger partial charge in [0.1, 0.15) is 6.04 Å². The van der Waals surface area contributed by atoms with E-state index in [-0.39, 0.29) is 18.6 Å². The van der Waals surface area contributed by atoms with E-state index in [0.29, 0.717) is 6.54 Å². The summed E-state index contributed by atoms with van der Waals surface area (Å²) >= 11 is 0. The molecule has 19 heavy (non-hydrogen) atoms. The van der Waals surface area contributed by atoms with Gasteiger partial charge in [0.15, 0.2) is 0 Å². The molecule has 1 atom stereocenters. The molecule has 0 spiro atoms. The van der Waals surface area contributed by atoms with Crippen LogP contribution in [-0.4, -0.2) is 48.3 Å². The third-order valence-corrected chi connectivity index (χ3v) is 2.37. The Morgan fingerprint density at radius 2 is 1.89 bits per heavy atom. The van der Waals surface area contributed by atoms with E-state index in [1.807, 2.05) is 0 Å². The highest BCUT2D eigenvalue weighted by molar-refractivity contribution is 5.81. The first kappa shape index (κ1) is 17.9. The number of carbonyl (C=O) groups is 2. The van der Waals surface area contributed by atoms with Gasteiger partial charge < -0.3 is 20.5 Å². The van der Waals surface area contributed by atoms with Crippen molar-refractivity contribution in [1.82, 2.24) is 10.6 Å². The average Bonchev–Trinajstić information content (AvgIpc) is 2.25. The highest BCUT2D eigenvalue weighted by atomic mass is 16.5. The van der Waals surface area contributed by atoms with Crippen LogP contribution in [0.2, 0.25) is 0 Å². The Balaban J connectivity index is 3.90. The van der Waals surface area contributed by atoms with Gasteiger partial charge >= 0.3 is 11.9 Å². The zero-order valence-electron chi connectivity index (χ0n) is 12.3. The monoisotopic (exact) mass is 274 g/mol. The normalized spacial score (nSPS) is 13.1. The quantitative estimate of drug-likeness (QED) is 0.425. The number of nitrogens with one attached hydrogen (secondary N) is 2. The smallest absolute Gasteiger partial charge is 0.321 e. The van der Waals surface area contributed by atoms with E-state index in [9.17, 15) is 9.59 Å². The lowest BCUT2D eigenvalue weighted by Crippen LogP contribution is -2.41. The van der Waals surface area contributed by atoms with Crippen LogP contribution >= 0.6 is 0 Å². The Morgan fingerprint density at radius 1 is 1.26 bits per heavy atom. The van der Waals surface area contributed by atoms with Crippen LogP contribution < -0.4 is 10.6 Å². The first-order chi connectivity index (χ1) is 8.76. The maximum atomic E-state index is 11.2. The molecule has 0 aromatic carbocycles. The van der Waals surface area contributed by atoms with Crippen LogP contribution in [0.4, 0.5) is 0 Å². The number of hydrogen-bond donors (Lipinski definition) is 3. The highest BCUT2D eigenvalue weighted by Crippen LogP contribution is 1.99. The summed E-state index contributed by atoms with van der Waals surface area (Å²) in [5, 5.41) is 15.2. The van der Waals surface area contributed by atoms with Crippen molar-refractivity contribution in [3.8, 4) is 0 Å². The Kier molecular flexibility index (Phi) is 8.34. The van der Waals surface area contributed by atoms with Crippen molar-refractivity contribution in [2.45, 2.75) is 52.1 Å². The van der Waals surface area contributed by atoms with Crippen LogP contribution in [0.25, 0.3) is 0 Å². The van der Waals surface area contributed by atoms with Gasteiger partial charge in [-0.25, -0.2) is 0 Å². The lowest BCUT2D eigenvalue weighted by molar-refractivity contribution is -0.149. The standard InChI is InChI=1S/C13H26N2O4/c1-5-19-11(16)9-10(12(17)18)14-7-6-8-15-13(2,3)4/h10,14-15H,5-9H2,1-4H3,(H,17,18)/t10-/m0/s1. The number of hydrogen-bond acceptors (Lipinski definition) is 5. The molecular formula is C13H26N2O4. The van der Waals surface area contributed by atoms with Crippen LogP contribution in [-0.2, 0) is 14.3 Å². The highest BCUT2D eigenvalue weighted by Gasteiger charge is 2.21. The molecule has 6 heteroatoms. The predicted octanol–water partition coefficient (Wildman–Crippen LogP) is 0.761. The molecule has 0 saturated carbocycles. The Labute approximate surface area is 114 Å². The number of ether oxygens (including phenoxy) is 1. The minimum absolute atomic E-state index is 0.0527. The van der Waals surface area contributed by atoms with Crippen LogP contribution in [0.5, 0.6) is 0 Å². The molecular weight excluding hydrogens is 248 g/mol. The van der Waals surface area contributed by atoms with Crippen molar-refractivity contribution < 1.29 is 19.4 Å². The van der Waals surface area contributed by atoms with E-state index in [0.717, 1.165) is 13.0 Å². The lowest BCUT2D eigenvalue weighted by atomic mass is 10.1. The van der Waals surface area contributed by atoms with E-state index in [1.165, 1.54) is 0 Å². The van der Waals surface area contributed by atoms with Crippen molar-refractivity contribution in [3.63, 3.8) is 0 Å². The molecule has 0 bridgehead atoms. The zero-order valence-corrected chi connectivity index (χ0v) is 12.3. The molecule has 0 unspecified atom stereocenters. The molecule has 112 valence electrons. The van der Waals surface area contributed by atoms with E-state index in [1.54, 1.807) is 6.92 Å². The number of aliphatic carboxylic acids is 1. The maximum Gasteiger partial charge on any atom is 0.321 e. The molecule has 6 nitrogen and oxygen atoms in total. The number of carboxylic acid groups (broad SMARTS) is 1. The summed E-state index contributed by atoms with van der Waals surface area (Å²) in [6.45, 7) is 9.51. The fraction of sp³-hybridized carbons (Fsp3) is 0.846. The molecule has 0 aliphatic heterocycles. The molecule has 0 rings (SSSR count). The van der Waals surface area contributed by atoms with Gasteiger partial charge in [-0.05, 0) is 47.2 Å². The van der Waals surface area contributed by atoms with Gasteiger partial charge in [0.25, 0.3) is 0 Å². The first-order valence-corrected chi connectivity index (χ1v) is 6.63. The fourth-order valence-corrected chi connectivity index (χ4v) is 1.46. The topological polar surface area (TPSA) is 87.7 Å². The first-order valence-electron chi connectivity index (χ1n) is 6.63. The van der Waals surface area contributed by atoms with Gasteiger partial charge in [0.05, 0.1) is 13.0 Å². The summed E-state index contributed by atoms with van der Waals surface area (Å²) in [5.41, 5.74) is 0.0527. The summed E-state index contributed by atoms with van der Waals surface area (Å²) in [4.78, 5) is 22.2. The number of rotatable bonds is 9. The number of esters is 1.